The molecule has 2 aliphatic rings. The van der Waals surface area contributed by atoms with Crippen molar-refractivity contribution in [1.29, 1.82) is 0 Å². The van der Waals surface area contributed by atoms with Crippen molar-refractivity contribution < 1.29 is 31.4 Å². The van der Waals surface area contributed by atoms with Crippen LogP contribution in [0.2, 0.25) is 0 Å². The number of aliphatic imine (C=N–C) groups is 1. The summed E-state index contributed by atoms with van der Waals surface area (Å²) in [6.07, 6.45) is -3.34. The highest BCUT2D eigenvalue weighted by Crippen LogP contribution is 2.47. The Morgan fingerprint density at radius 3 is 2.38 bits per heavy atom. The number of aliphatic hydroxyl groups excluding tert-OH is 1. The Morgan fingerprint density at radius 2 is 1.82 bits per heavy atom. The smallest absolute Gasteiger partial charge is 0.412 e. The van der Waals surface area contributed by atoms with Crippen molar-refractivity contribution in [2.45, 2.75) is 50.5 Å². The molecule has 2 aliphatic heterocycles. The number of hydrogen-bond acceptors (Lipinski definition) is 6. The second-order valence-corrected chi connectivity index (χ2v) is 10.1. The molecule has 1 saturated heterocycles. The largest absolute Gasteiger partial charge is 0.506 e. The van der Waals surface area contributed by atoms with Gasteiger partial charge in [0, 0.05) is 55.6 Å². The van der Waals surface area contributed by atoms with E-state index in [0.717, 1.165) is 12.1 Å². The van der Waals surface area contributed by atoms with E-state index in [1.54, 1.807) is 11.9 Å². The Bertz CT molecular complexity index is 1320. The fourth-order valence-corrected chi connectivity index (χ4v) is 4.65. The number of halogens is 6. The molecule has 1 aromatic carbocycles. The van der Waals surface area contributed by atoms with Crippen LogP contribution in [0.15, 0.2) is 48.6 Å². The zero-order valence-electron chi connectivity index (χ0n) is 21.7. The molecular weight excluding hydrogens is 524 g/mol. The lowest BCUT2D eigenvalue weighted by atomic mass is 9.92. The summed E-state index contributed by atoms with van der Waals surface area (Å²) in [5.74, 6) is -3.80. The molecule has 39 heavy (non-hydrogen) atoms. The van der Waals surface area contributed by atoms with Gasteiger partial charge in [-0.05, 0) is 44.0 Å². The molecule has 4 rings (SSSR count). The van der Waals surface area contributed by atoms with E-state index in [1.807, 2.05) is 0 Å². The number of fused-ring (bicyclic) bond motifs is 1. The Balaban J connectivity index is 1.92. The van der Waals surface area contributed by atoms with Crippen molar-refractivity contribution in [3.05, 3.63) is 66.0 Å². The Labute approximate surface area is 222 Å². The summed E-state index contributed by atoms with van der Waals surface area (Å²) in [6, 6.07) is 1.97. The third-order valence-electron chi connectivity index (χ3n) is 6.98. The van der Waals surface area contributed by atoms with Crippen molar-refractivity contribution in [3.8, 4) is 0 Å². The van der Waals surface area contributed by atoms with Gasteiger partial charge in [-0.15, -0.1) is 0 Å². The number of likely N-dealkylation sites (tertiary alicyclic amines) is 1. The number of aromatic nitrogens is 1. The summed E-state index contributed by atoms with van der Waals surface area (Å²) in [7, 11) is 1.58. The van der Waals surface area contributed by atoms with Gasteiger partial charge in [0.2, 0.25) is 5.96 Å². The van der Waals surface area contributed by atoms with Gasteiger partial charge in [0.1, 0.15) is 17.1 Å². The maximum atomic E-state index is 14.6. The van der Waals surface area contributed by atoms with E-state index in [4.69, 9.17) is 0 Å². The zero-order valence-corrected chi connectivity index (χ0v) is 21.7. The summed E-state index contributed by atoms with van der Waals surface area (Å²) in [6.45, 7) is 9.90. The first-order valence-electron chi connectivity index (χ1n) is 12.2. The fraction of sp³-hybridized carbons (Fsp3) is 0.407. The highest BCUT2D eigenvalue weighted by atomic mass is 19.4. The number of anilines is 1. The molecule has 0 spiro atoms. The summed E-state index contributed by atoms with van der Waals surface area (Å²) >= 11 is 0. The van der Waals surface area contributed by atoms with Gasteiger partial charge in [0.05, 0.1) is 11.4 Å². The molecule has 2 N–H and O–H groups in total. The van der Waals surface area contributed by atoms with Crippen LogP contribution in [0.5, 0.6) is 0 Å². The minimum Gasteiger partial charge on any atom is -0.506 e. The molecule has 0 unspecified atom stereocenters. The maximum Gasteiger partial charge on any atom is 0.412 e. The molecule has 210 valence electrons. The summed E-state index contributed by atoms with van der Waals surface area (Å²) in [4.78, 5) is 11.6. The molecule has 3 heterocycles. The highest BCUT2D eigenvalue weighted by Gasteiger charge is 2.45. The molecule has 0 bridgehead atoms. The van der Waals surface area contributed by atoms with Crippen molar-refractivity contribution in [3.63, 3.8) is 0 Å². The van der Waals surface area contributed by atoms with Gasteiger partial charge in [-0.1, -0.05) is 13.2 Å². The molecule has 0 radical (unpaired) electrons. The number of nitrogens with one attached hydrogen (secondary N) is 1. The number of alkyl halides is 6. The molecule has 1 aromatic heterocycles. The van der Waals surface area contributed by atoms with Crippen molar-refractivity contribution >= 4 is 28.8 Å². The molecule has 0 aliphatic carbocycles. The Morgan fingerprint density at radius 1 is 1.18 bits per heavy atom. The second kappa shape index (κ2) is 9.80. The van der Waals surface area contributed by atoms with Crippen molar-refractivity contribution in [2.75, 3.05) is 25.5 Å². The first-order chi connectivity index (χ1) is 18.0. The molecule has 2 aromatic rings. The average molecular weight is 554 g/mol. The predicted octanol–water partition coefficient (Wildman–Crippen LogP) is 7.17. The number of nitrogens with zero attached hydrogens (tertiary/aromatic N) is 4. The quantitative estimate of drug-likeness (QED) is 0.304. The van der Waals surface area contributed by atoms with Gasteiger partial charge < -0.3 is 20.2 Å². The third kappa shape index (κ3) is 5.69. The van der Waals surface area contributed by atoms with E-state index in [0.29, 0.717) is 6.92 Å². The van der Waals surface area contributed by atoms with Crippen LogP contribution in [0.4, 0.5) is 37.7 Å². The fourth-order valence-electron chi connectivity index (χ4n) is 4.65. The number of aliphatic hydroxyl groups is 1. The van der Waals surface area contributed by atoms with Gasteiger partial charge in [0.15, 0.2) is 6.04 Å². The van der Waals surface area contributed by atoms with E-state index in [-0.39, 0.29) is 60.2 Å². The van der Waals surface area contributed by atoms with Crippen LogP contribution in [0.3, 0.4) is 0 Å². The molecule has 6 nitrogen and oxygen atoms in total. The Kier molecular flexibility index (Phi) is 7.11. The van der Waals surface area contributed by atoms with E-state index in [2.05, 4.69) is 28.5 Å². The van der Waals surface area contributed by atoms with Gasteiger partial charge in [-0.25, -0.2) is 18.2 Å². The average Bonchev–Trinajstić information content (AvgIpc) is 2.83. The SMILES string of the molecule is C=C(O)c1ncccc1N[C@@H](c1cc(C(C)(F)F)cc2c1N=C(N1CCC(C)(F)CC1)N(C)C2=C)C(F)(F)F. The number of rotatable bonds is 5. The topological polar surface area (TPSA) is 64.0 Å². The van der Waals surface area contributed by atoms with Crippen LogP contribution in [-0.4, -0.2) is 57.8 Å². The van der Waals surface area contributed by atoms with Crippen molar-refractivity contribution in [1.82, 2.24) is 14.8 Å². The highest BCUT2D eigenvalue weighted by molar-refractivity contribution is 5.97. The second-order valence-electron chi connectivity index (χ2n) is 10.1. The maximum absolute atomic E-state index is 14.6. The van der Waals surface area contributed by atoms with Gasteiger partial charge in [0.25, 0.3) is 5.92 Å². The van der Waals surface area contributed by atoms with E-state index >= 15 is 0 Å². The summed E-state index contributed by atoms with van der Waals surface area (Å²) < 4.78 is 87.5. The van der Waals surface area contributed by atoms with E-state index in [9.17, 15) is 31.4 Å². The minimum atomic E-state index is -4.99. The van der Waals surface area contributed by atoms with Crippen LogP contribution < -0.4 is 5.32 Å². The number of guanidine groups is 1. The van der Waals surface area contributed by atoms with Gasteiger partial charge in [-0.3, -0.25) is 4.98 Å². The molecule has 12 heteroatoms. The molecule has 0 amide bonds. The van der Waals surface area contributed by atoms with E-state index in [1.165, 1.54) is 30.2 Å². The number of hydrogen-bond donors (Lipinski definition) is 2. The Hall–Kier alpha value is -3.70. The van der Waals surface area contributed by atoms with Crippen molar-refractivity contribution in [2.24, 2.45) is 4.99 Å². The zero-order chi connectivity index (χ0) is 28.9. The summed E-state index contributed by atoms with van der Waals surface area (Å²) in [5.41, 5.74) is -3.02. The van der Waals surface area contributed by atoms with E-state index < -0.39 is 40.7 Å². The van der Waals surface area contributed by atoms with Crippen LogP contribution in [-0.2, 0) is 5.92 Å². The third-order valence-corrected chi connectivity index (χ3v) is 6.98. The molecular formula is C27H29F6N5O. The molecule has 0 saturated carbocycles. The lowest BCUT2D eigenvalue weighted by molar-refractivity contribution is -0.144. The van der Waals surface area contributed by atoms with Crippen LogP contribution >= 0.6 is 0 Å². The van der Waals surface area contributed by atoms with Crippen LogP contribution in [0.25, 0.3) is 11.5 Å². The van der Waals surface area contributed by atoms with Gasteiger partial charge in [-0.2, -0.15) is 13.2 Å². The minimum absolute atomic E-state index is 0.0108. The van der Waals surface area contributed by atoms with Gasteiger partial charge >= 0.3 is 6.18 Å². The lowest BCUT2D eigenvalue weighted by Crippen LogP contribution is -2.49. The number of piperidine rings is 1. The molecule has 1 fully saturated rings. The number of pyridine rings is 1. The van der Waals surface area contributed by atoms with Crippen LogP contribution in [0.1, 0.15) is 55.1 Å². The first kappa shape index (κ1) is 28.3. The standard InChI is InChI=1S/C27H29F6N5O/c1-15-18-13-17(26(4,29)30)14-19(22(18)36-24(37(15)5)38-11-8-25(3,28)9-12-38)23(27(31,32)33)35-20-7-6-10-34-21(20)16(2)39/h6-7,10,13-14,23,35,39H,1-2,8-9,11-12H2,3-5H3/t23-/m0/s1. The summed E-state index contributed by atoms with van der Waals surface area (Å²) in [5, 5.41) is 12.2. The first-order valence-corrected chi connectivity index (χ1v) is 12.2. The normalized spacial score (nSPS) is 18.4. The monoisotopic (exact) mass is 553 g/mol. The van der Waals surface area contributed by atoms with Crippen LogP contribution in [0, 0.1) is 0 Å². The lowest BCUT2D eigenvalue weighted by Gasteiger charge is -2.41. The molecule has 1 atom stereocenters. The number of benzene rings is 1. The predicted molar refractivity (Wildman–Crippen MR) is 139 cm³/mol.